The highest BCUT2D eigenvalue weighted by Gasteiger charge is 2.18. The Morgan fingerprint density at radius 3 is 2.45 bits per heavy atom. The van der Waals surface area contributed by atoms with Crippen LogP contribution >= 0.6 is 0 Å². The van der Waals surface area contributed by atoms with E-state index in [9.17, 15) is 9.59 Å². The van der Waals surface area contributed by atoms with Gasteiger partial charge in [0.05, 0.1) is 7.11 Å². The van der Waals surface area contributed by atoms with Gasteiger partial charge in [0.1, 0.15) is 12.4 Å². The van der Waals surface area contributed by atoms with E-state index in [1.54, 1.807) is 24.3 Å². The van der Waals surface area contributed by atoms with Crippen molar-refractivity contribution in [1.82, 2.24) is 4.90 Å². The molecule has 4 rings (SSSR count). The van der Waals surface area contributed by atoms with Crippen LogP contribution in [0.5, 0.6) is 17.2 Å². The maximum absolute atomic E-state index is 12.7. The van der Waals surface area contributed by atoms with Gasteiger partial charge in [0.2, 0.25) is 5.91 Å². The van der Waals surface area contributed by atoms with E-state index in [1.165, 1.54) is 38.5 Å². The van der Waals surface area contributed by atoms with Crippen molar-refractivity contribution in [2.24, 2.45) is 0 Å². The highest BCUT2D eigenvalue weighted by molar-refractivity contribution is 6.02. The summed E-state index contributed by atoms with van der Waals surface area (Å²) in [6, 6.07) is 21.0. The molecule has 1 N–H and O–H groups in total. The van der Waals surface area contributed by atoms with Crippen molar-refractivity contribution >= 4 is 23.6 Å². The Labute approximate surface area is 224 Å². The minimum atomic E-state index is -0.450. The number of para-hydroxylation sites is 1. The SMILES string of the molecule is COc1ccc(C=CC(=O)Nc2ccccc2COc2ccc(C3CCN(C)CC3)cc2)cc1OC(C)=O. The number of nitrogens with one attached hydrogen (secondary N) is 1. The summed E-state index contributed by atoms with van der Waals surface area (Å²) in [7, 11) is 3.67. The van der Waals surface area contributed by atoms with E-state index in [0.29, 0.717) is 35.3 Å². The minimum absolute atomic E-state index is 0.287. The number of likely N-dealkylation sites (tertiary alicyclic amines) is 1. The average Bonchev–Trinajstić information content (AvgIpc) is 2.92. The summed E-state index contributed by atoms with van der Waals surface area (Å²) in [5.41, 5.74) is 3.61. The first-order valence-electron chi connectivity index (χ1n) is 12.8. The number of esters is 1. The molecule has 3 aromatic rings. The Morgan fingerprint density at radius 2 is 1.74 bits per heavy atom. The molecule has 0 spiro atoms. The van der Waals surface area contributed by atoms with Crippen LogP contribution < -0.4 is 19.5 Å². The molecule has 0 bridgehead atoms. The lowest BCUT2D eigenvalue weighted by atomic mass is 9.90. The van der Waals surface area contributed by atoms with E-state index in [-0.39, 0.29) is 5.91 Å². The molecule has 7 heteroatoms. The van der Waals surface area contributed by atoms with Crippen molar-refractivity contribution in [3.63, 3.8) is 0 Å². The first kappa shape index (κ1) is 26.9. The molecular formula is C31H34N2O5. The zero-order chi connectivity index (χ0) is 26.9. The largest absolute Gasteiger partial charge is 0.493 e. The molecule has 1 saturated heterocycles. The highest BCUT2D eigenvalue weighted by Crippen LogP contribution is 2.30. The highest BCUT2D eigenvalue weighted by atomic mass is 16.6. The molecule has 1 aliphatic heterocycles. The predicted molar refractivity (Wildman–Crippen MR) is 149 cm³/mol. The average molecular weight is 515 g/mol. The van der Waals surface area contributed by atoms with Gasteiger partial charge in [0.15, 0.2) is 11.5 Å². The third kappa shape index (κ3) is 7.46. The monoisotopic (exact) mass is 514 g/mol. The Hall–Kier alpha value is -4.10. The lowest BCUT2D eigenvalue weighted by Gasteiger charge is -2.29. The number of ether oxygens (including phenoxy) is 3. The Bertz CT molecular complexity index is 1280. The van der Waals surface area contributed by atoms with Crippen LogP contribution in [0.1, 0.15) is 42.4 Å². The van der Waals surface area contributed by atoms with Crippen LogP contribution in [-0.4, -0.2) is 44.0 Å². The summed E-state index contributed by atoms with van der Waals surface area (Å²) >= 11 is 0. The zero-order valence-corrected chi connectivity index (χ0v) is 22.1. The van der Waals surface area contributed by atoms with Gasteiger partial charge in [-0.1, -0.05) is 36.4 Å². The van der Waals surface area contributed by atoms with E-state index in [0.717, 1.165) is 24.4 Å². The van der Waals surface area contributed by atoms with E-state index in [4.69, 9.17) is 14.2 Å². The van der Waals surface area contributed by atoms with Crippen molar-refractivity contribution in [3.05, 3.63) is 89.5 Å². The topological polar surface area (TPSA) is 77.1 Å². The normalized spacial score (nSPS) is 14.3. The zero-order valence-electron chi connectivity index (χ0n) is 22.1. The first-order valence-corrected chi connectivity index (χ1v) is 12.8. The van der Waals surface area contributed by atoms with Crippen LogP contribution in [0.15, 0.2) is 72.8 Å². The molecule has 1 heterocycles. The second-order valence-corrected chi connectivity index (χ2v) is 9.42. The Morgan fingerprint density at radius 1 is 1.00 bits per heavy atom. The third-order valence-corrected chi connectivity index (χ3v) is 6.61. The van der Waals surface area contributed by atoms with Crippen molar-refractivity contribution in [2.75, 3.05) is 32.6 Å². The number of hydrogen-bond donors (Lipinski definition) is 1. The molecule has 0 atom stereocenters. The van der Waals surface area contributed by atoms with E-state index in [2.05, 4.69) is 29.4 Å². The van der Waals surface area contributed by atoms with Crippen molar-refractivity contribution < 1.29 is 23.8 Å². The van der Waals surface area contributed by atoms with Gasteiger partial charge in [-0.25, -0.2) is 0 Å². The van der Waals surface area contributed by atoms with Crippen LogP contribution in [0.4, 0.5) is 5.69 Å². The van der Waals surface area contributed by atoms with Crippen molar-refractivity contribution in [1.29, 1.82) is 0 Å². The van der Waals surface area contributed by atoms with Crippen LogP contribution in [0.2, 0.25) is 0 Å². The molecule has 0 aliphatic carbocycles. The lowest BCUT2D eigenvalue weighted by molar-refractivity contribution is -0.132. The molecule has 38 heavy (non-hydrogen) atoms. The number of methoxy groups -OCH3 is 1. The Balaban J connectivity index is 1.35. The summed E-state index contributed by atoms with van der Waals surface area (Å²) in [6.45, 7) is 3.92. The van der Waals surface area contributed by atoms with Crippen molar-refractivity contribution in [2.45, 2.75) is 32.3 Å². The fourth-order valence-electron chi connectivity index (χ4n) is 4.49. The number of nitrogens with zero attached hydrogens (tertiary/aromatic N) is 1. The molecule has 0 unspecified atom stereocenters. The number of piperidine rings is 1. The number of anilines is 1. The van der Waals surface area contributed by atoms with E-state index < -0.39 is 5.97 Å². The van der Waals surface area contributed by atoms with Gasteiger partial charge >= 0.3 is 5.97 Å². The van der Waals surface area contributed by atoms with E-state index >= 15 is 0 Å². The second-order valence-electron chi connectivity index (χ2n) is 9.42. The number of carbonyl (C=O) groups is 2. The maximum Gasteiger partial charge on any atom is 0.308 e. The smallest absolute Gasteiger partial charge is 0.308 e. The first-order chi connectivity index (χ1) is 18.4. The number of amides is 1. The van der Waals surface area contributed by atoms with Crippen LogP contribution in [0, 0.1) is 0 Å². The molecule has 198 valence electrons. The van der Waals surface area contributed by atoms with Gasteiger partial charge in [-0.2, -0.15) is 0 Å². The molecule has 1 fully saturated rings. The number of hydrogen-bond acceptors (Lipinski definition) is 6. The van der Waals surface area contributed by atoms with Crippen molar-refractivity contribution in [3.8, 4) is 17.2 Å². The minimum Gasteiger partial charge on any atom is -0.493 e. The molecule has 1 aliphatic rings. The number of rotatable bonds is 9. The molecule has 7 nitrogen and oxygen atoms in total. The fraction of sp³-hybridized carbons (Fsp3) is 0.290. The van der Waals surface area contributed by atoms with Crippen LogP contribution in [-0.2, 0) is 16.2 Å². The van der Waals surface area contributed by atoms with Gasteiger partial charge in [0.25, 0.3) is 0 Å². The van der Waals surface area contributed by atoms with Gasteiger partial charge in [-0.3, -0.25) is 9.59 Å². The summed E-state index contributed by atoms with van der Waals surface area (Å²) in [6.07, 6.45) is 5.44. The maximum atomic E-state index is 12.7. The lowest BCUT2D eigenvalue weighted by Crippen LogP contribution is -2.29. The second kappa shape index (κ2) is 12.9. The molecule has 1 amide bonds. The van der Waals surface area contributed by atoms with Gasteiger partial charge in [-0.15, -0.1) is 0 Å². The molecule has 0 saturated carbocycles. The molecular weight excluding hydrogens is 480 g/mol. The van der Waals surface area contributed by atoms with Crippen LogP contribution in [0.25, 0.3) is 6.08 Å². The molecule has 0 radical (unpaired) electrons. The summed E-state index contributed by atoms with van der Waals surface area (Å²) in [5, 5.41) is 2.92. The van der Waals surface area contributed by atoms with E-state index in [1.807, 2.05) is 36.4 Å². The number of carbonyl (C=O) groups excluding carboxylic acids is 2. The Kier molecular flexibility index (Phi) is 9.16. The van der Waals surface area contributed by atoms with Crippen LogP contribution in [0.3, 0.4) is 0 Å². The summed E-state index contributed by atoms with van der Waals surface area (Å²) in [4.78, 5) is 26.4. The fourth-order valence-corrected chi connectivity index (χ4v) is 4.49. The predicted octanol–water partition coefficient (Wildman–Crippen LogP) is 5.66. The summed E-state index contributed by atoms with van der Waals surface area (Å²) < 4.78 is 16.4. The molecule has 0 aromatic heterocycles. The quantitative estimate of drug-likeness (QED) is 0.226. The standard InChI is InChI=1S/C31H34N2O5/c1-22(34)38-30-20-23(8-14-29(30)36-3)9-15-31(35)32-28-7-5-4-6-26(28)21-37-27-12-10-24(11-13-27)25-16-18-33(2)19-17-25/h4-15,20,25H,16-19,21H2,1-3H3,(H,32,35). The van der Waals surface area contributed by atoms with Gasteiger partial charge < -0.3 is 24.4 Å². The van der Waals surface area contributed by atoms with Gasteiger partial charge in [0, 0.05) is 24.3 Å². The number of benzene rings is 3. The third-order valence-electron chi connectivity index (χ3n) is 6.61. The van der Waals surface area contributed by atoms with Gasteiger partial charge in [-0.05, 0) is 86.4 Å². The summed E-state index contributed by atoms with van der Waals surface area (Å²) in [5.74, 6) is 1.40. The molecule has 3 aromatic carbocycles.